The summed E-state index contributed by atoms with van der Waals surface area (Å²) in [6, 6.07) is 14.9. The van der Waals surface area contributed by atoms with Crippen LogP contribution in [0.25, 0.3) is 22.8 Å². The van der Waals surface area contributed by atoms with Gasteiger partial charge in [-0.2, -0.15) is 4.98 Å². The van der Waals surface area contributed by atoms with E-state index in [-0.39, 0.29) is 0 Å². The van der Waals surface area contributed by atoms with Crippen LogP contribution in [0, 0.1) is 0 Å². The topological polar surface area (TPSA) is 48.2 Å². The van der Waals surface area contributed by atoms with Crippen LogP contribution in [0.1, 0.15) is 13.3 Å². The van der Waals surface area contributed by atoms with E-state index in [1.54, 1.807) is 12.1 Å². The number of hydrogen-bond acceptors (Lipinski definition) is 4. The van der Waals surface area contributed by atoms with E-state index in [1.165, 1.54) is 0 Å². The molecule has 0 spiro atoms. The number of nitrogens with zero attached hydrogens (tertiary/aromatic N) is 2. The van der Waals surface area contributed by atoms with Gasteiger partial charge in [-0.25, -0.2) is 0 Å². The second-order valence-electron chi connectivity index (χ2n) is 4.81. The van der Waals surface area contributed by atoms with Crippen LogP contribution in [0.3, 0.4) is 0 Å². The van der Waals surface area contributed by atoms with Crippen LogP contribution in [0.2, 0.25) is 5.02 Å². The number of rotatable bonds is 5. The lowest BCUT2D eigenvalue weighted by Gasteiger charge is -2.04. The fraction of sp³-hybridized carbons (Fsp3) is 0.176. The van der Waals surface area contributed by atoms with E-state index in [4.69, 9.17) is 20.9 Å². The Hall–Kier alpha value is -2.33. The number of benzene rings is 2. The van der Waals surface area contributed by atoms with E-state index in [0.29, 0.717) is 23.3 Å². The third kappa shape index (κ3) is 3.28. The second kappa shape index (κ2) is 6.62. The van der Waals surface area contributed by atoms with Gasteiger partial charge in [-0.3, -0.25) is 0 Å². The SMILES string of the molecule is CCCOc1cccc(-c2nc(-c3ccc(Cl)cc3)no2)c1. The quantitative estimate of drug-likeness (QED) is 0.675. The minimum atomic E-state index is 0.465. The number of aromatic nitrogens is 2. The summed E-state index contributed by atoms with van der Waals surface area (Å²) < 4.78 is 11.0. The minimum absolute atomic E-state index is 0.465. The molecular weight excluding hydrogens is 300 g/mol. The third-order valence-electron chi connectivity index (χ3n) is 3.08. The van der Waals surface area contributed by atoms with Crippen LogP contribution < -0.4 is 4.74 Å². The molecular formula is C17H15ClN2O2. The zero-order chi connectivity index (χ0) is 15.4. The van der Waals surface area contributed by atoms with Crippen molar-refractivity contribution in [2.24, 2.45) is 0 Å². The summed E-state index contributed by atoms with van der Waals surface area (Å²) in [7, 11) is 0. The molecule has 0 aliphatic heterocycles. The van der Waals surface area contributed by atoms with Crippen LogP contribution in [-0.4, -0.2) is 16.7 Å². The molecule has 0 radical (unpaired) electrons. The van der Waals surface area contributed by atoms with Crippen molar-refractivity contribution in [3.05, 3.63) is 53.6 Å². The second-order valence-corrected chi connectivity index (χ2v) is 5.24. The molecule has 0 aliphatic carbocycles. The summed E-state index contributed by atoms with van der Waals surface area (Å²) in [6.07, 6.45) is 0.964. The molecule has 0 fully saturated rings. The molecule has 22 heavy (non-hydrogen) atoms. The monoisotopic (exact) mass is 314 g/mol. The first-order valence-corrected chi connectivity index (χ1v) is 7.47. The van der Waals surface area contributed by atoms with E-state index in [2.05, 4.69) is 17.1 Å². The van der Waals surface area contributed by atoms with E-state index in [1.807, 2.05) is 36.4 Å². The molecule has 0 atom stereocenters. The molecule has 112 valence electrons. The normalized spacial score (nSPS) is 10.6. The highest BCUT2D eigenvalue weighted by Gasteiger charge is 2.11. The molecule has 1 heterocycles. The maximum absolute atomic E-state index is 5.88. The summed E-state index contributed by atoms with van der Waals surface area (Å²) >= 11 is 5.88. The molecule has 0 aliphatic rings. The van der Waals surface area contributed by atoms with Crippen molar-refractivity contribution >= 4 is 11.6 Å². The number of hydrogen-bond donors (Lipinski definition) is 0. The standard InChI is InChI=1S/C17H15ClN2O2/c1-2-10-21-15-5-3-4-13(11-15)17-19-16(20-22-17)12-6-8-14(18)9-7-12/h3-9,11H,2,10H2,1H3. The Kier molecular flexibility index (Phi) is 4.39. The Bertz CT molecular complexity index is 753. The van der Waals surface area contributed by atoms with Crippen molar-refractivity contribution in [3.8, 4) is 28.6 Å². The van der Waals surface area contributed by atoms with Gasteiger partial charge in [0.25, 0.3) is 5.89 Å². The van der Waals surface area contributed by atoms with Crippen molar-refractivity contribution in [1.29, 1.82) is 0 Å². The highest BCUT2D eigenvalue weighted by molar-refractivity contribution is 6.30. The van der Waals surface area contributed by atoms with Gasteiger partial charge in [0, 0.05) is 16.1 Å². The summed E-state index contributed by atoms with van der Waals surface area (Å²) in [5, 5.41) is 4.69. The molecule has 0 N–H and O–H groups in total. The van der Waals surface area contributed by atoms with Crippen molar-refractivity contribution < 1.29 is 9.26 Å². The van der Waals surface area contributed by atoms with Crippen molar-refractivity contribution in [1.82, 2.24) is 10.1 Å². The minimum Gasteiger partial charge on any atom is -0.494 e. The Morgan fingerprint density at radius 2 is 1.91 bits per heavy atom. The number of ether oxygens (including phenoxy) is 1. The van der Waals surface area contributed by atoms with Crippen LogP contribution in [0.5, 0.6) is 5.75 Å². The van der Waals surface area contributed by atoms with Gasteiger partial charge in [0.15, 0.2) is 0 Å². The molecule has 1 aromatic heterocycles. The average molecular weight is 315 g/mol. The van der Waals surface area contributed by atoms with Gasteiger partial charge in [-0.15, -0.1) is 0 Å². The first-order chi connectivity index (χ1) is 10.8. The lowest BCUT2D eigenvalue weighted by Crippen LogP contribution is -1.94. The van der Waals surface area contributed by atoms with E-state index >= 15 is 0 Å². The fourth-order valence-electron chi connectivity index (χ4n) is 2.00. The summed E-state index contributed by atoms with van der Waals surface area (Å²) in [5.74, 6) is 1.80. The van der Waals surface area contributed by atoms with Crippen LogP contribution in [-0.2, 0) is 0 Å². The Balaban J connectivity index is 1.85. The predicted octanol–water partition coefficient (Wildman–Crippen LogP) is 4.85. The number of halogens is 1. The van der Waals surface area contributed by atoms with Gasteiger partial charge >= 0.3 is 0 Å². The first-order valence-electron chi connectivity index (χ1n) is 7.09. The summed E-state index contributed by atoms with van der Waals surface area (Å²) in [5.41, 5.74) is 1.69. The molecule has 2 aromatic carbocycles. The van der Waals surface area contributed by atoms with Gasteiger partial charge in [0.1, 0.15) is 5.75 Å². The zero-order valence-corrected chi connectivity index (χ0v) is 12.9. The molecule has 0 saturated carbocycles. The lowest BCUT2D eigenvalue weighted by atomic mass is 10.2. The van der Waals surface area contributed by atoms with Gasteiger partial charge in [0.2, 0.25) is 5.82 Å². The molecule has 0 amide bonds. The zero-order valence-electron chi connectivity index (χ0n) is 12.1. The average Bonchev–Trinajstić information content (AvgIpc) is 3.04. The molecule has 0 unspecified atom stereocenters. The van der Waals surface area contributed by atoms with Crippen molar-refractivity contribution in [3.63, 3.8) is 0 Å². The van der Waals surface area contributed by atoms with E-state index < -0.39 is 0 Å². The smallest absolute Gasteiger partial charge is 0.258 e. The molecule has 0 saturated heterocycles. The lowest BCUT2D eigenvalue weighted by molar-refractivity contribution is 0.317. The van der Waals surface area contributed by atoms with E-state index in [9.17, 15) is 0 Å². The molecule has 3 aromatic rings. The van der Waals surface area contributed by atoms with Crippen LogP contribution >= 0.6 is 11.6 Å². The highest BCUT2D eigenvalue weighted by atomic mass is 35.5. The van der Waals surface area contributed by atoms with Gasteiger partial charge in [-0.1, -0.05) is 29.7 Å². The van der Waals surface area contributed by atoms with Crippen molar-refractivity contribution in [2.75, 3.05) is 6.61 Å². The van der Waals surface area contributed by atoms with E-state index in [0.717, 1.165) is 23.3 Å². The van der Waals surface area contributed by atoms with Gasteiger partial charge in [0.05, 0.1) is 6.61 Å². The Morgan fingerprint density at radius 1 is 1.09 bits per heavy atom. The fourth-order valence-corrected chi connectivity index (χ4v) is 2.12. The van der Waals surface area contributed by atoms with Crippen LogP contribution in [0.15, 0.2) is 53.1 Å². The van der Waals surface area contributed by atoms with Crippen LogP contribution in [0.4, 0.5) is 0 Å². The predicted molar refractivity (Wildman–Crippen MR) is 86.0 cm³/mol. The summed E-state index contributed by atoms with van der Waals surface area (Å²) in [4.78, 5) is 4.43. The third-order valence-corrected chi connectivity index (χ3v) is 3.33. The molecule has 5 heteroatoms. The molecule has 3 rings (SSSR count). The Labute approximate surface area is 133 Å². The maximum Gasteiger partial charge on any atom is 0.258 e. The first kappa shape index (κ1) is 14.6. The Morgan fingerprint density at radius 3 is 2.68 bits per heavy atom. The maximum atomic E-state index is 5.88. The largest absolute Gasteiger partial charge is 0.494 e. The van der Waals surface area contributed by atoms with Gasteiger partial charge in [-0.05, 0) is 48.9 Å². The molecule has 4 nitrogen and oxygen atoms in total. The summed E-state index contributed by atoms with van der Waals surface area (Å²) in [6.45, 7) is 2.75. The van der Waals surface area contributed by atoms with Gasteiger partial charge < -0.3 is 9.26 Å². The van der Waals surface area contributed by atoms with Crippen molar-refractivity contribution in [2.45, 2.75) is 13.3 Å². The highest BCUT2D eigenvalue weighted by Crippen LogP contribution is 2.25. The molecule has 0 bridgehead atoms.